The maximum atomic E-state index is 13.0. The quantitative estimate of drug-likeness (QED) is 0.849. The fraction of sp³-hybridized carbons (Fsp3) is 0.600. The first-order chi connectivity index (χ1) is 8.24. The standard InChI is InChI=1S/C15H22FN/c1-2-11-3-4-13(10-17)15(9-11)12-5-7-14(16)8-6-12/h5-8,11,13,15H,2-4,9-10,17H2,1H3. The molecule has 0 amide bonds. The van der Waals surface area contributed by atoms with Gasteiger partial charge in [-0.25, -0.2) is 4.39 Å². The minimum absolute atomic E-state index is 0.152. The molecule has 2 rings (SSSR count). The van der Waals surface area contributed by atoms with Gasteiger partial charge in [0.15, 0.2) is 0 Å². The van der Waals surface area contributed by atoms with Crippen molar-refractivity contribution in [3.05, 3.63) is 35.6 Å². The summed E-state index contributed by atoms with van der Waals surface area (Å²) in [5.74, 6) is 1.76. The molecule has 1 saturated carbocycles. The highest BCUT2D eigenvalue weighted by Crippen LogP contribution is 2.41. The molecule has 0 bridgehead atoms. The third-order valence-electron chi connectivity index (χ3n) is 4.28. The highest BCUT2D eigenvalue weighted by molar-refractivity contribution is 5.22. The van der Waals surface area contributed by atoms with Gasteiger partial charge in [-0.1, -0.05) is 31.9 Å². The summed E-state index contributed by atoms with van der Waals surface area (Å²) in [4.78, 5) is 0. The van der Waals surface area contributed by atoms with Crippen molar-refractivity contribution in [3.63, 3.8) is 0 Å². The molecule has 0 saturated heterocycles. The molecule has 2 N–H and O–H groups in total. The third kappa shape index (κ3) is 2.86. The molecule has 17 heavy (non-hydrogen) atoms. The first-order valence-electron chi connectivity index (χ1n) is 6.70. The van der Waals surface area contributed by atoms with E-state index in [2.05, 4.69) is 6.92 Å². The Morgan fingerprint density at radius 1 is 1.24 bits per heavy atom. The van der Waals surface area contributed by atoms with Gasteiger partial charge < -0.3 is 5.73 Å². The lowest BCUT2D eigenvalue weighted by atomic mass is 9.70. The second-order valence-corrected chi connectivity index (χ2v) is 5.24. The van der Waals surface area contributed by atoms with E-state index in [-0.39, 0.29) is 5.82 Å². The van der Waals surface area contributed by atoms with Crippen LogP contribution in [0.25, 0.3) is 0 Å². The summed E-state index contributed by atoms with van der Waals surface area (Å²) in [6.45, 7) is 3.01. The van der Waals surface area contributed by atoms with E-state index < -0.39 is 0 Å². The van der Waals surface area contributed by atoms with Gasteiger partial charge >= 0.3 is 0 Å². The van der Waals surface area contributed by atoms with Crippen molar-refractivity contribution in [3.8, 4) is 0 Å². The number of hydrogen-bond acceptors (Lipinski definition) is 1. The van der Waals surface area contributed by atoms with Crippen molar-refractivity contribution in [2.24, 2.45) is 17.6 Å². The molecule has 0 radical (unpaired) electrons. The molecule has 1 aromatic carbocycles. The van der Waals surface area contributed by atoms with Crippen LogP contribution in [0.1, 0.15) is 44.1 Å². The van der Waals surface area contributed by atoms with Crippen molar-refractivity contribution in [2.75, 3.05) is 6.54 Å². The predicted molar refractivity (Wildman–Crippen MR) is 69.3 cm³/mol. The molecule has 3 unspecified atom stereocenters. The Kier molecular flexibility index (Phi) is 4.16. The first-order valence-corrected chi connectivity index (χ1v) is 6.70. The van der Waals surface area contributed by atoms with Crippen molar-refractivity contribution < 1.29 is 4.39 Å². The van der Waals surface area contributed by atoms with Gasteiger partial charge in [0.2, 0.25) is 0 Å². The molecule has 1 fully saturated rings. The number of hydrogen-bond donors (Lipinski definition) is 1. The Morgan fingerprint density at radius 3 is 2.53 bits per heavy atom. The lowest BCUT2D eigenvalue weighted by Crippen LogP contribution is -2.28. The monoisotopic (exact) mass is 235 g/mol. The fourth-order valence-electron chi connectivity index (χ4n) is 3.09. The van der Waals surface area contributed by atoms with E-state index in [0.29, 0.717) is 11.8 Å². The van der Waals surface area contributed by atoms with Crippen molar-refractivity contribution in [1.29, 1.82) is 0 Å². The van der Waals surface area contributed by atoms with E-state index in [1.165, 1.54) is 31.2 Å². The molecule has 1 nitrogen and oxygen atoms in total. The van der Waals surface area contributed by atoms with Gasteiger partial charge in [-0.05, 0) is 54.8 Å². The molecule has 3 atom stereocenters. The summed E-state index contributed by atoms with van der Waals surface area (Å²) in [6.07, 6.45) is 4.98. The maximum absolute atomic E-state index is 13.0. The summed E-state index contributed by atoms with van der Waals surface area (Å²) < 4.78 is 13.0. The van der Waals surface area contributed by atoms with Gasteiger partial charge in [-0.2, -0.15) is 0 Å². The molecular weight excluding hydrogens is 213 g/mol. The van der Waals surface area contributed by atoms with E-state index >= 15 is 0 Å². The lowest BCUT2D eigenvalue weighted by molar-refractivity contribution is 0.236. The molecule has 94 valence electrons. The third-order valence-corrected chi connectivity index (χ3v) is 4.28. The Morgan fingerprint density at radius 2 is 1.94 bits per heavy atom. The zero-order valence-corrected chi connectivity index (χ0v) is 10.5. The van der Waals surface area contributed by atoms with Crippen LogP contribution >= 0.6 is 0 Å². The molecule has 0 spiro atoms. The molecule has 2 heteroatoms. The first kappa shape index (κ1) is 12.6. The second-order valence-electron chi connectivity index (χ2n) is 5.24. The highest BCUT2D eigenvalue weighted by atomic mass is 19.1. The number of rotatable bonds is 3. The van der Waals surface area contributed by atoms with Crippen LogP contribution in [0.4, 0.5) is 4.39 Å². The molecule has 1 aliphatic carbocycles. The molecule has 0 aliphatic heterocycles. The second kappa shape index (κ2) is 5.63. The van der Waals surface area contributed by atoms with Crippen LogP contribution in [-0.2, 0) is 0 Å². The van der Waals surface area contributed by atoms with Crippen LogP contribution in [-0.4, -0.2) is 6.54 Å². The normalized spacial score (nSPS) is 29.2. The van der Waals surface area contributed by atoms with Crippen molar-refractivity contribution in [1.82, 2.24) is 0 Å². The van der Waals surface area contributed by atoms with E-state index in [1.54, 1.807) is 12.1 Å². The molecule has 0 heterocycles. The Hall–Kier alpha value is -0.890. The zero-order valence-electron chi connectivity index (χ0n) is 10.5. The minimum atomic E-state index is -0.152. The SMILES string of the molecule is CCC1CCC(CN)C(c2ccc(F)cc2)C1. The maximum Gasteiger partial charge on any atom is 0.123 e. The van der Waals surface area contributed by atoms with Crippen molar-refractivity contribution in [2.45, 2.75) is 38.5 Å². The van der Waals surface area contributed by atoms with Crippen LogP contribution in [0.2, 0.25) is 0 Å². The average Bonchev–Trinajstić information content (AvgIpc) is 2.39. The Labute approximate surface area is 103 Å². The average molecular weight is 235 g/mol. The molecular formula is C15H22FN. The van der Waals surface area contributed by atoms with Gasteiger partial charge in [0, 0.05) is 0 Å². The zero-order chi connectivity index (χ0) is 12.3. The highest BCUT2D eigenvalue weighted by Gasteiger charge is 2.29. The van der Waals surface area contributed by atoms with Crippen LogP contribution in [0.5, 0.6) is 0 Å². The lowest BCUT2D eigenvalue weighted by Gasteiger charge is -2.35. The summed E-state index contributed by atoms with van der Waals surface area (Å²) in [6, 6.07) is 7.00. The summed E-state index contributed by atoms with van der Waals surface area (Å²) in [5, 5.41) is 0. The van der Waals surface area contributed by atoms with Crippen LogP contribution in [0.15, 0.2) is 24.3 Å². The number of benzene rings is 1. The topological polar surface area (TPSA) is 26.0 Å². The van der Waals surface area contributed by atoms with Crippen molar-refractivity contribution >= 4 is 0 Å². The summed E-state index contributed by atoms with van der Waals surface area (Å²) in [7, 11) is 0. The molecule has 1 aliphatic rings. The van der Waals surface area contributed by atoms with E-state index in [9.17, 15) is 4.39 Å². The smallest absolute Gasteiger partial charge is 0.123 e. The molecule has 0 aromatic heterocycles. The van der Waals surface area contributed by atoms with Crippen LogP contribution in [0.3, 0.4) is 0 Å². The Balaban J connectivity index is 2.17. The van der Waals surface area contributed by atoms with Gasteiger partial charge in [0.25, 0.3) is 0 Å². The largest absolute Gasteiger partial charge is 0.330 e. The fourth-order valence-corrected chi connectivity index (χ4v) is 3.09. The predicted octanol–water partition coefficient (Wildman–Crippen LogP) is 3.69. The van der Waals surface area contributed by atoms with Gasteiger partial charge in [0.1, 0.15) is 5.82 Å². The van der Waals surface area contributed by atoms with E-state index in [4.69, 9.17) is 5.73 Å². The van der Waals surface area contributed by atoms with E-state index in [1.807, 2.05) is 12.1 Å². The Bertz CT molecular complexity index is 346. The van der Waals surface area contributed by atoms with E-state index in [0.717, 1.165) is 12.5 Å². The van der Waals surface area contributed by atoms with Gasteiger partial charge in [-0.15, -0.1) is 0 Å². The number of halogens is 1. The minimum Gasteiger partial charge on any atom is -0.330 e. The summed E-state index contributed by atoms with van der Waals surface area (Å²) >= 11 is 0. The van der Waals surface area contributed by atoms with Crippen LogP contribution in [0, 0.1) is 17.7 Å². The number of nitrogens with two attached hydrogens (primary N) is 1. The summed E-state index contributed by atoms with van der Waals surface area (Å²) in [5.41, 5.74) is 7.14. The van der Waals surface area contributed by atoms with Gasteiger partial charge in [-0.3, -0.25) is 0 Å². The molecule has 1 aromatic rings. The van der Waals surface area contributed by atoms with Gasteiger partial charge in [0.05, 0.1) is 0 Å². The van der Waals surface area contributed by atoms with Crippen LogP contribution < -0.4 is 5.73 Å².